The van der Waals surface area contributed by atoms with Gasteiger partial charge in [-0.1, -0.05) is 12.1 Å². The first-order valence-corrected chi connectivity index (χ1v) is 10.0. The first-order valence-electron chi connectivity index (χ1n) is 10.0. The van der Waals surface area contributed by atoms with E-state index in [9.17, 15) is 33.1 Å². The Morgan fingerprint density at radius 1 is 1.26 bits per heavy atom. The Labute approximate surface area is 197 Å². The normalized spacial score (nSPS) is 16.3. The first kappa shape index (κ1) is 25.3. The number of alkyl halides is 3. The molecule has 35 heavy (non-hydrogen) atoms. The van der Waals surface area contributed by atoms with E-state index in [0.717, 1.165) is 30.2 Å². The number of methoxy groups -OCH3 is 1. The molecule has 1 atom stereocenters. The van der Waals surface area contributed by atoms with Gasteiger partial charge in [0.1, 0.15) is 6.04 Å². The molecule has 0 radical (unpaired) electrons. The minimum Gasteiger partial charge on any atom is -0.466 e. The lowest BCUT2D eigenvalue weighted by Crippen LogP contribution is -2.55. The average Bonchev–Trinajstić information content (AvgIpc) is 2.82. The molecular formula is C23H20F3N5O4. The molecule has 1 heterocycles. The number of guanidine groups is 1. The van der Waals surface area contributed by atoms with Gasteiger partial charge < -0.3 is 15.6 Å². The number of ether oxygens (including phenoxy) is 1. The summed E-state index contributed by atoms with van der Waals surface area (Å²) >= 11 is 0. The number of allylic oxidation sites excluding steroid dienone is 1. The van der Waals surface area contributed by atoms with Crippen molar-refractivity contribution in [2.45, 2.75) is 25.7 Å². The number of anilines is 1. The lowest BCUT2D eigenvalue weighted by Gasteiger charge is -2.43. The summed E-state index contributed by atoms with van der Waals surface area (Å²) in [6.45, 7) is 0.806. The maximum atomic E-state index is 13.3. The van der Waals surface area contributed by atoms with Gasteiger partial charge in [0, 0.05) is 11.4 Å². The van der Waals surface area contributed by atoms with Gasteiger partial charge in [0.2, 0.25) is 5.96 Å². The number of amides is 2. The summed E-state index contributed by atoms with van der Waals surface area (Å²) < 4.78 is 44.9. The molecule has 0 unspecified atom stereocenters. The number of aliphatic hydroxyl groups excluding tert-OH is 1. The Balaban J connectivity index is 2.34. The van der Waals surface area contributed by atoms with Crippen molar-refractivity contribution in [2.75, 3.05) is 12.0 Å². The van der Waals surface area contributed by atoms with Crippen LogP contribution >= 0.6 is 0 Å². The quantitative estimate of drug-likeness (QED) is 0.564. The standard InChI is InChI=1S/C23H20F3N5O4/c1-12-18(20(33)35-2)19(17-7-6-13(10-27)8-14(17)11-32)31(22(29)34)21(28)30(12)16-5-3-4-15(9-16)23(24,25)26/h3-9,19,28,32H,11H2,1-2H3,(H2,29,34)/t19-/m1/s1. The third-order valence-electron chi connectivity index (χ3n) is 5.51. The number of halogens is 3. The molecule has 12 heteroatoms. The highest BCUT2D eigenvalue weighted by Gasteiger charge is 2.44. The summed E-state index contributed by atoms with van der Waals surface area (Å²) in [6, 6.07) is 7.53. The third-order valence-corrected chi connectivity index (χ3v) is 5.51. The van der Waals surface area contributed by atoms with Crippen molar-refractivity contribution in [2.24, 2.45) is 5.73 Å². The van der Waals surface area contributed by atoms with Gasteiger partial charge in [-0.15, -0.1) is 0 Å². The average molecular weight is 487 g/mol. The van der Waals surface area contributed by atoms with E-state index in [1.54, 1.807) is 0 Å². The summed E-state index contributed by atoms with van der Waals surface area (Å²) in [7, 11) is 1.08. The van der Waals surface area contributed by atoms with E-state index in [1.165, 1.54) is 31.2 Å². The van der Waals surface area contributed by atoms with Crippen molar-refractivity contribution < 1.29 is 32.6 Å². The van der Waals surface area contributed by atoms with Crippen LogP contribution in [0.4, 0.5) is 23.7 Å². The number of esters is 1. The molecule has 2 aromatic rings. The summed E-state index contributed by atoms with van der Waals surface area (Å²) in [6.07, 6.45) is -4.68. The number of benzene rings is 2. The van der Waals surface area contributed by atoms with Crippen LogP contribution in [0.1, 0.15) is 35.2 Å². The second-order valence-corrected chi connectivity index (χ2v) is 7.49. The smallest absolute Gasteiger partial charge is 0.416 e. The Bertz CT molecular complexity index is 1280. The summed E-state index contributed by atoms with van der Waals surface area (Å²) in [5.41, 5.74) is 4.79. The van der Waals surface area contributed by atoms with Crippen LogP contribution in [0.2, 0.25) is 0 Å². The molecule has 0 bridgehead atoms. The number of hydrogen-bond donors (Lipinski definition) is 3. The number of nitrogens with one attached hydrogen (secondary N) is 1. The molecule has 9 nitrogen and oxygen atoms in total. The minimum atomic E-state index is -4.68. The number of nitrogens with zero attached hydrogens (tertiary/aromatic N) is 3. The number of urea groups is 1. The topological polar surface area (TPSA) is 144 Å². The van der Waals surface area contributed by atoms with Crippen LogP contribution in [0.25, 0.3) is 0 Å². The maximum absolute atomic E-state index is 13.3. The molecular weight excluding hydrogens is 467 g/mol. The molecule has 182 valence electrons. The second-order valence-electron chi connectivity index (χ2n) is 7.49. The number of nitriles is 1. The third kappa shape index (κ3) is 4.53. The summed E-state index contributed by atoms with van der Waals surface area (Å²) in [5, 5.41) is 27.7. The van der Waals surface area contributed by atoms with Gasteiger partial charge in [0.15, 0.2) is 0 Å². The van der Waals surface area contributed by atoms with Crippen LogP contribution in [-0.4, -0.2) is 35.1 Å². The fourth-order valence-electron chi connectivity index (χ4n) is 3.95. The fourth-order valence-corrected chi connectivity index (χ4v) is 3.95. The van der Waals surface area contributed by atoms with Crippen molar-refractivity contribution in [3.8, 4) is 6.07 Å². The van der Waals surface area contributed by atoms with Crippen LogP contribution in [0.3, 0.4) is 0 Å². The Kier molecular flexibility index (Phi) is 6.84. The van der Waals surface area contributed by atoms with Crippen molar-refractivity contribution in [1.82, 2.24) is 4.90 Å². The number of nitrogens with two attached hydrogens (primary N) is 1. The number of primary amides is 1. The van der Waals surface area contributed by atoms with Crippen LogP contribution in [-0.2, 0) is 22.3 Å². The van der Waals surface area contributed by atoms with E-state index >= 15 is 0 Å². The molecule has 1 aliphatic rings. The van der Waals surface area contributed by atoms with Crippen molar-refractivity contribution in [1.29, 1.82) is 10.7 Å². The first-order chi connectivity index (χ1) is 16.5. The maximum Gasteiger partial charge on any atom is 0.416 e. The molecule has 3 rings (SSSR count). The molecule has 0 aromatic heterocycles. The van der Waals surface area contributed by atoms with Gasteiger partial charge >= 0.3 is 18.2 Å². The van der Waals surface area contributed by atoms with E-state index in [-0.39, 0.29) is 33.6 Å². The molecule has 0 saturated heterocycles. The van der Waals surface area contributed by atoms with Gasteiger partial charge in [0.25, 0.3) is 0 Å². The Hall–Kier alpha value is -4.37. The van der Waals surface area contributed by atoms with E-state index in [0.29, 0.717) is 4.90 Å². The number of carbonyl (C=O) groups is 2. The molecule has 0 aliphatic carbocycles. The minimum absolute atomic E-state index is 0.0110. The zero-order valence-corrected chi connectivity index (χ0v) is 18.6. The number of hydrogen-bond acceptors (Lipinski definition) is 6. The predicted octanol–water partition coefficient (Wildman–Crippen LogP) is 3.39. The van der Waals surface area contributed by atoms with Gasteiger partial charge in [-0.2, -0.15) is 18.4 Å². The highest BCUT2D eigenvalue weighted by Crippen LogP contribution is 2.41. The van der Waals surface area contributed by atoms with E-state index in [4.69, 9.17) is 15.9 Å². The number of aliphatic hydroxyl groups is 1. The van der Waals surface area contributed by atoms with E-state index < -0.39 is 42.3 Å². The van der Waals surface area contributed by atoms with Crippen molar-refractivity contribution in [3.63, 3.8) is 0 Å². The molecule has 0 spiro atoms. The molecule has 2 amide bonds. The number of carbonyl (C=O) groups excluding carboxylic acids is 2. The lowest BCUT2D eigenvalue weighted by molar-refractivity contribution is -0.138. The fraction of sp³-hybridized carbons (Fsp3) is 0.217. The van der Waals surface area contributed by atoms with E-state index in [1.807, 2.05) is 6.07 Å². The highest BCUT2D eigenvalue weighted by atomic mass is 19.4. The predicted molar refractivity (Wildman–Crippen MR) is 118 cm³/mol. The van der Waals surface area contributed by atoms with Crippen molar-refractivity contribution >= 4 is 23.6 Å². The van der Waals surface area contributed by atoms with Gasteiger partial charge in [-0.25, -0.2) is 9.59 Å². The summed E-state index contributed by atoms with van der Waals surface area (Å²) in [4.78, 5) is 27.1. The largest absolute Gasteiger partial charge is 0.466 e. The SMILES string of the molecule is COC(=O)C1=C(C)N(c2cccc(C(F)(F)F)c2)C(=N)N(C(N)=O)[C@@H]1c1ccc(C#N)cc1CO. The Morgan fingerprint density at radius 2 is 1.94 bits per heavy atom. The molecule has 1 aliphatic heterocycles. The van der Waals surface area contributed by atoms with Crippen LogP contribution in [0.5, 0.6) is 0 Å². The zero-order valence-electron chi connectivity index (χ0n) is 18.6. The monoisotopic (exact) mass is 487 g/mol. The van der Waals surface area contributed by atoms with Gasteiger partial charge in [-0.05, 0) is 48.4 Å². The van der Waals surface area contributed by atoms with Gasteiger partial charge in [-0.3, -0.25) is 15.2 Å². The zero-order chi connectivity index (χ0) is 26.1. The number of rotatable bonds is 4. The van der Waals surface area contributed by atoms with E-state index in [2.05, 4.69) is 0 Å². The summed E-state index contributed by atoms with van der Waals surface area (Å²) in [5.74, 6) is -1.56. The Morgan fingerprint density at radius 3 is 2.49 bits per heavy atom. The second kappa shape index (κ2) is 9.47. The van der Waals surface area contributed by atoms with Crippen LogP contribution in [0, 0.1) is 16.7 Å². The molecule has 0 saturated carbocycles. The highest BCUT2D eigenvalue weighted by molar-refractivity contribution is 6.10. The lowest BCUT2D eigenvalue weighted by atomic mass is 9.89. The van der Waals surface area contributed by atoms with Crippen LogP contribution in [0.15, 0.2) is 53.7 Å². The molecule has 4 N–H and O–H groups in total. The van der Waals surface area contributed by atoms with Crippen LogP contribution < -0.4 is 10.6 Å². The van der Waals surface area contributed by atoms with Crippen molar-refractivity contribution in [3.05, 3.63) is 76.0 Å². The van der Waals surface area contributed by atoms with Gasteiger partial charge in [0.05, 0.1) is 36.5 Å². The molecule has 0 fully saturated rings. The molecule has 2 aromatic carbocycles.